The first-order chi connectivity index (χ1) is 54.7. The van der Waals surface area contributed by atoms with E-state index in [9.17, 15) is 0 Å². The van der Waals surface area contributed by atoms with Crippen molar-refractivity contribution in [3.05, 3.63) is 372 Å². The molecule has 0 aliphatic rings. The van der Waals surface area contributed by atoms with Crippen molar-refractivity contribution in [2.45, 2.75) is 55.4 Å². The van der Waals surface area contributed by atoms with E-state index in [2.05, 4.69) is 319 Å². The molecule has 15 aromatic carbocycles. The zero-order chi connectivity index (χ0) is 75.8. The van der Waals surface area contributed by atoms with Crippen LogP contribution in [0.25, 0.3) is 190 Å². The lowest BCUT2D eigenvalue weighted by Crippen LogP contribution is -2.04. The maximum absolute atomic E-state index is 5.52. The number of hydrogen-bond donors (Lipinski definition) is 0. The van der Waals surface area contributed by atoms with Crippen molar-refractivity contribution in [2.75, 3.05) is 0 Å². The van der Waals surface area contributed by atoms with E-state index in [1.165, 1.54) is 66.8 Å². The van der Waals surface area contributed by atoms with Crippen molar-refractivity contribution >= 4 is 43.6 Å². The lowest BCUT2D eigenvalue weighted by Gasteiger charge is -2.18. The van der Waals surface area contributed by atoms with Gasteiger partial charge in [-0.1, -0.05) is 271 Å². The summed E-state index contributed by atoms with van der Waals surface area (Å²) in [5.41, 5.74) is 34.7. The van der Waals surface area contributed by atoms with Gasteiger partial charge in [0.15, 0.2) is 34.9 Å². The van der Waals surface area contributed by atoms with Crippen LogP contribution in [0, 0.1) is 55.4 Å². The molecule has 0 fully saturated rings. The second-order valence-electron chi connectivity index (χ2n) is 30.0. The lowest BCUT2D eigenvalue weighted by atomic mass is 9.95. The average molecular weight is 1440 g/mol. The predicted octanol–water partition coefficient (Wildman–Crippen LogP) is 26.7. The van der Waals surface area contributed by atoms with Crippen molar-refractivity contribution in [2.24, 2.45) is 0 Å². The van der Waals surface area contributed by atoms with Crippen LogP contribution >= 0.6 is 0 Å². The van der Waals surface area contributed by atoms with Crippen LogP contribution in [0.3, 0.4) is 0 Å². The average Bonchev–Trinajstić information content (AvgIpc) is 1.58. The highest BCUT2D eigenvalue weighted by atomic mass is 15.1. The Hall–Kier alpha value is -14.1. The topological polar surface area (TPSA) is 87.2 Å². The Morgan fingerprint density at radius 2 is 0.411 bits per heavy atom. The van der Waals surface area contributed by atoms with Crippen LogP contribution in [-0.2, 0) is 0 Å². The Bertz CT molecular complexity index is 6210. The van der Waals surface area contributed by atoms with E-state index in [1.807, 2.05) is 72.8 Å². The number of rotatable bonds is 14. The van der Waals surface area contributed by atoms with Gasteiger partial charge in [0.1, 0.15) is 0 Å². The summed E-state index contributed by atoms with van der Waals surface area (Å²) in [6, 6.07) is 118. The molecule has 8 heteroatoms. The molecule has 0 spiro atoms. The first-order valence-corrected chi connectivity index (χ1v) is 38.4. The van der Waals surface area contributed by atoms with Gasteiger partial charge >= 0.3 is 0 Å². The van der Waals surface area contributed by atoms with Crippen LogP contribution in [0.4, 0.5) is 0 Å². The van der Waals surface area contributed by atoms with Crippen molar-refractivity contribution in [1.29, 1.82) is 0 Å². The van der Waals surface area contributed by atoms with E-state index in [-0.39, 0.29) is 0 Å². The molecule has 0 saturated carbocycles. The number of aromatic nitrogens is 8. The Balaban J connectivity index is 0.832. The molecular weight excluding hydrogens is 1360 g/mol. The largest absolute Gasteiger partial charge is 0.308 e. The highest BCUT2D eigenvalue weighted by Gasteiger charge is 2.26. The Labute approximate surface area is 652 Å². The van der Waals surface area contributed by atoms with E-state index in [1.54, 1.807) is 0 Å². The summed E-state index contributed by atoms with van der Waals surface area (Å²) in [5, 5.41) is 4.58. The van der Waals surface area contributed by atoms with Crippen molar-refractivity contribution < 1.29 is 0 Å². The molecule has 19 aromatic rings. The third kappa shape index (κ3) is 12.6. The molecule has 0 aliphatic heterocycles. The van der Waals surface area contributed by atoms with Crippen LogP contribution in [0.5, 0.6) is 0 Å². The zero-order valence-corrected chi connectivity index (χ0v) is 63.8. The molecule has 0 amide bonds. The molecule has 8 nitrogen and oxygen atoms in total. The van der Waals surface area contributed by atoms with Gasteiger partial charge in [-0.25, -0.2) is 29.9 Å². The SMILES string of the molecule is Cc1ccc(-c2ccc3c(c2)c2cc(-c4ccc(C)cc4C)ccc2n3-c2ccc(-c3cccc(-c4ccc(-n5c6ccc(-c7ccc(C)cc7C)cc6c6cc(-c7ccc(C)cc7C)ccc65)c(-c5nc(-c6ccccc6)nc(-c6ccccc6)n5)c4)c3)cc2-c2nc(-c3ccccc3)nc(-c3ccccc3)n2)c(C)c1. The van der Waals surface area contributed by atoms with Gasteiger partial charge in [-0.3, -0.25) is 0 Å². The number of aryl methyl sites for hydroxylation is 8. The minimum Gasteiger partial charge on any atom is -0.308 e. The Morgan fingerprint density at radius 3 is 0.679 bits per heavy atom. The molecule has 0 radical (unpaired) electrons. The molecule has 4 aromatic heterocycles. The molecule has 534 valence electrons. The zero-order valence-electron chi connectivity index (χ0n) is 63.8. The third-order valence-electron chi connectivity index (χ3n) is 22.2. The van der Waals surface area contributed by atoms with Gasteiger partial charge in [-0.2, -0.15) is 0 Å². The fourth-order valence-corrected chi connectivity index (χ4v) is 16.7. The van der Waals surface area contributed by atoms with Gasteiger partial charge in [-0.15, -0.1) is 0 Å². The van der Waals surface area contributed by atoms with Gasteiger partial charge in [0.2, 0.25) is 0 Å². The fraction of sp³-hybridized carbons (Fsp3) is 0.0769. The summed E-state index contributed by atoms with van der Waals surface area (Å²) in [6.45, 7) is 17.5. The highest BCUT2D eigenvalue weighted by molar-refractivity contribution is 6.14. The minimum absolute atomic E-state index is 0.546. The molecule has 0 bridgehead atoms. The number of nitrogens with zero attached hydrogens (tertiary/aromatic N) is 8. The standard InChI is InChI=1S/C104H78N8/c1-63-32-42-83(67(5)52-63)79-38-48-93-87(59-79)88-60-80(84-43-33-64(2)53-68(84)6)39-49-94(88)111(93)97-46-36-77(57-91(97)103-107-99(71-22-13-9-14-23-71)105-100(108-103)72-24-15-10-16-25-72)75-30-21-31-76(56-75)78-37-47-98(92(58-78)104-109-101(73-26-17-11-18-27-73)106-102(110-104)74-28-19-12-20-29-74)112-95-50-40-81(85-44-34-65(3)54-69(85)7)61-89(95)90-62-82(41-51-96(90)112)86-45-35-66(4)55-70(86)8/h9-62H,1-8H3. The number of benzene rings is 15. The van der Waals surface area contributed by atoms with Gasteiger partial charge in [0, 0.05) is 54.9 Å². The van der Waals surface area contributed by atoms with E-state index in [0.717, 1.165) is 133 Å². The van der Waals surface area contributed by atoms with E-state index in [0.29, 0.717) is 34.9 Å². The second-order valence-corrected chi connectivity index (χ2v) is 30.0. The highest BCUT2D eigenvalue weighted by Crippen LogP contribution is 2.46. The maximum Gasteiger partial charge on any atom is 0.166 e. The maximum atomic E-state index is 5.52. The first kappa shape index (κ1) is 68.5. The summed E-state index contributed by atoms with van der Waals surface area (Å²) in [7, 11) is 0. The molecule has 112 heavy (non-hydrogen) atoms. The summed E-state index contributed by atoms with van der Waals surface area (Å²) in [5.74, 6) is 3.41. The normalized spacial score (nSPS) is 11.6. The van der Waals surface area contributed by atoms with E-state index < -0.39 is 0 Å². The van der Waals surface area contributed by atoms with Gasteiger partial charge in [-0.05, 0) is 223 Å². The van der Waals surface area contributed by atoms with E-state index in [4.69, 9.17) is 29.9 Å². The first-order valence-electron chi connectivity index (χ1n) is 38.4. The second kappa shape index (κ2) is 28.2. The molecule has 4 heterocycles. The molecular formula is C104H78N8. The lowest BCUT2D eigenvalue weighted by molar-refractivity contribution is 1.06. The van der Waals surface area contributed by atoms with Crippen LogP contribution < -0.4 is 0 Å². The quantitative estimate of drug-likeness (QED) is 0.108. The van der Waals surface area contributed by atoms with Crippen LogP contribution in [-0.4, -0.2) is 39.0 Å². The van der Waals surface area contributed by atoms with Crippen LogP contribution in [0.2, 0.25) is 0 Å². The van der Waals surface area contributed by atoms with Crippen molar-refractivity contribution in [3.8, 4) is 146 Å². The van der Waals surface area contributed by atoms with Crippen LogP contribution in [0.1, 0.15) is 44.5 Å². The number of fused-ring (bicyclic) bond motifs is 6. The van der Waals surface area contributed by atoms with Crippen molar-refractivity contribution in [1.82, 2.24) is 39.0 Å². The summed E-state index contributed by atoms with van der Waals surface area (Å²) >= 11 is 0. The monoisotopic (exact) mass is 1440 g/mol. The van der Waals surface area contributed by atoms with Crippen LogP contribution in [0.15, 0.2) is 328 Å². The molecule has 19 rings (SSSR count). The summed E-state index contributed by atoms with van der Waals surface area (Å²) in [4.78, 5) is 32.6. The van der Waals surface area contributed by atoms with Gasteiger partial charge < -0.3 is 9.13 Å². The fourth-order valence-electron chi connectivity index (χ4n) is 16.7. The number of hydrogen-bond acceptors (Lipinski definition) is 6. The smallest absolute Gasteiger partial charge is 0.166 e. The minimum atomic E-state index is 0.546. The molecule has 0 unspecified atom stereocenters. The van der Waals surface area contributed by atoms with Gasteiger partial charge in [0.05, 0.1) is 33.4 Å². The Kier molecular flexibility index (Phi) is 17.2. The Morgan fingerprint density at radius 1 is 0.170 bits per heavy atom. The van der Waals surface area contributed by atoms with Crippen molar-refractivity contribution in [3.63, 3.8) is 0 Å². The molecule has 0 N–H and O–H groups in total. The molecule has 0 aliphatic carbocycles. The molecule has 0 atom stereocenters. The molecule has 0 saturated heterocycles. The van der Waals surface area contributed by atoms with E-state index >= 15 is 0 Å². The van der Waals surface area contributed by atoms with Gasteiger partial charge in [0.25, 0.3) is 0 Å². The summed E-state index contributed by atoms with van der Waals surface area (Å²) in [6.07, 6.45) is 0. The summed E-state index contributed by atoms with van der Waals surface area (Å²) < 4.78 is 4.85. The predicted molar refractivity (Wildman–Crippen MR) is 465 cm³/mol. The third-order valence-corrected chi connectivity index (χ3v) is 22.2.